The minimum atomic E-state index is -0.0971. The third-order valence-electron chi connectivity index (χ3n) is 3.70. The number of halogens is 1. The van der Waals surface area contributed by atoms with Crippen LogP contribution in [0.5, 0.6) is 0 Å². The SMILES string of the molecule is CNC(C)(C)c1cncn1C(C)c1ccc(Br)cc1. The molecule has 2 rings (SSSR count). The Bertz CT molecular complexity index is 543. The number of nitrogens with zero attached hydrogens (tertiary/aromatic N) is 2. The lowest BCUT2D eigenvalue weighted by molar-refractivity contribution is 0.401. The molecule has 102 valence electrons. The van der Waals surface area contributed by atoms with E-state index in [1.54, 1.807) is 0 Å². The van der Waals surface area contributed by atoms with Gasteiger partial charge in [0.2, 0.25) is 0 Å². The highest BCUT2D eigenvalue weighted by Gasteiger charge is 2.24. The summed E-state index contributed by atoms with van der Waals surface area (Å²) in [6, 6.07) is 8.70. The van der Waals surface area contributed by atoms with Crippen LogP contribution in [0.3, 0.4) is 0 Å². The summed E-state index contributed by atoms with van der Waals surface area (Å²) in [5, 5.41) is 3.33. The number of hydrogen-bond acceptors (Lipinski definition) is 2. The first kappa shape index (κ1) is 14.3. The van der Waals surface area contributed by atoms with E-state index in [1.165, 1.54) is 11.3 Å². The van der Waals surface area contributed by atoms with Gasteiger partial charge in [0.05, 0.1) is 29.8 Å². The van der Waals surface area contributed by atoms with Gasteiger partial charge in [-0.2, -0.15) is 0 Å². The van der Waals surface area contributed by atoms with Gasteiger partial charge in [-0.15, -0.1) is 0 Å². The lowest BCUT2D eigenvalue weighted by Gasteiger charge is -2.28. The highest BCUT2D eigenvalue weighted by molar-refractivity contribution is 9.10. The molecule has 0 spiro atoms. The molecule has 1 aromatic carbocycles. The van der Waals surface area contributed by atoms with Crippen molar-refractivity contribution in [3.63, 3.8) is 0 Å². The predicted octanol–water partition coefficient (Wildman–Crippen LogP) is 3.71. The summed E-state index contributed by atoms with van der Waals surface area (Å²) in [4.78, 5) is 4.31. The van der Waals surface area contributed by atoms with Gasteiger partial charge in [0.1, 0.15) is 0 Å². The van der Waals surface area contributed by atoms with E-state index in [9.17, 15) is 0 Å². The molecule has 0 aliphatic carbocycles. The molecule has 4 heteroatoms. The Balaban J connectivity index is 2.37. The molecular formula is C15H20BrN3. The monoisotopic (exact) mass is 321 g/mol. The summed E-state index contributed by atoms with van der Waals surface area (Å²) in [7, 11) is 1.97. The van der Waals surface area contributed by atoms with Crippen LogP contribution in [0.25, 0.3) is 0 Å². The van der Waals surface area contributed by atoms with Gasteiger partial charge in [-0.1, -0.05) is 28.1 Å². The molecule has 0 aliphatic heterocycles. The van der Waals surface area contributed by atoms with Gasteiger partial charge >= 0.3 is 0 Å². The maximum atomic E-state index is 4.31. The zero-order chi connectivity index (χ0) is 14.0. The first-order chi connectivity index (χ1) is 8.95. The topological polar surface area (TPSA) is 29.9 Å². The number of aromatic nitrogens is 2. The van der Waals surface area contributed by atoms with Crippen LogP contribution in [0.4, 0.5) is 0 Å². The summed E-state index contributed by atoms with van der Waals surface area (Å²) in [6.07, 6.45) is 3.84. The Morgan fingerprint density at radius 1 is 1.26 bits per heavy atom. The standard InChI is InChI=1S/C15H20BrN3/c1-11(12-5-7-13(16)8-6-12)19-10-18-9-14(19)15(2,3)17-4/h5-11,17H,1-4H3. The summed E-state index contributed by atoms with van der Waals surface area (Å²) >= 11 is 3.47. The Morgan fingerprint density at radius 3 is 2.47 bits per heavy atom. The molecule has 1 heterocycles. The minimum absolute atomic E-state index is 0.0971. The molecule has 0 saturated heterocycles. The first-order valence-electron chi connectivity index (χ1n) is 6.42. The van der Waals surface area contributed by atoms with Gasteiger partial charge in [-0.3, -0.25) is 0 Å². The van der Waals surface area contributed by atoms with Crippen LogP contribution in [0.15, 0.2) is 41.3 Å². The Hall–Kier alpha value is -1.13. The molecule has 0 bridgehead atoms. The van der Waals surface area contributed by atoms with Gasteiger partial charge in [0.25, 0.3) is 0 Å². The molecular weight excluding hydrogens is 302 g/mol. The number of nitrogens with one attached hydrogen (secondary N) is 1. The van der Waals surface area contributed by atoms with Crippen LogP contribution in [-0.2, 0) is 5.54 Å². The van der Waals surface area contributed by atoms with E-state index in [2.05, 4.69) is 75.8 Å². The number of benzene rings is 1. The van der Waals surface area contributed by atoms with Crippen molar-refractivity contribution >= 4 is 15.9 Å². The molecule has 0 fully saturated rings. The van der Waals surface area contributed by atoms with E-state index in [0.29, 0.717) is 0 Å². The van der Waals surface area contributed by atoms with Crippen molar-refractivity contribution in [3.05, 3.63) is 52.5 Å². The smallest absolute Gasteiger partial charge is 0.0954 e. The highest BCUT2D eigenvalue weighted by Crippen LogP contribution is 2.26. The van der Waals surface area contributed by atoms with E-state index in [0.717, 1.165) is 4.47 Å². The summed E-state index contributed by atoms with van der Waals surface area (Å²) in [6.45, 7) is 6.52. The normalized spacial score (nSPS) is 13.5. The molecule has 0 aliphatic rings. The van der Waals surface area contributed by atoms with Crippen molar-refractivity contribution in [3.8, 4) is 0 Å². The molecule has 1 atom stereocenters. The Labute approximate surface area is 123 Å². The van der Waals surface area contributed by atoms with Crippen molar-refractivity contribution < 1.29 is 0 Å². The molecule has 0 radical (unpaired) electrons. The Kier molecular flexibility index (Phi) is 4.11. The molecule has 0 amide bonds. The molecule has 1 aromatic heterocycles. The van der Waals surface area contributed by atoms with Gasteiger partial charge < -0.3 is 9.88 Å². The van der Waals surface area contributed by atoms with Crippen molar-refractivity contribution in [1.29, 1.82) is 0 Å². The van der Waals surface area contributed by atoms with E-state index in [-0.39, 0.29) is 11.6 Å². The quantitative estimate of drug-likeness (QED) is 0.930. The molecule has 19 heavy (non-hydrogen) atoms. The van der Waals surface area contributed by atoms with E-state index < -0.39 is 0 Å². The van der Waals surface area contributed by atoms with Crippen LogP contribution in [0.1, 0.15) is 38.1 Å². The number of hydrogen-bond donors (Lipinski definition) is 1. The number of rotatable bonds is 4. The molecule has 2 aromatic rings. The van der Waals surface area contributed by atoms with Crippen LogP contribution < -0.4 is 5.32 Å². The zero-order valence-electron chi connectivity index (χ0n) is 11.8. The maximum absolute atomic E-state index is 4.31. The van der Waals surface area contributed by atoms with Gasteiger partial charge in [-0.25, -0.2) is 4.98 Å². The lowest BCUT2D eigenvalue weighted by Crippen LogP contribution is -2.36. The lowest BCUT2D eigenvalue weighted by atomic mass is 10.00. The minimum Gasteiger partial charge on any atom is -0.326 e. The third kappa shape index (κ3) is 2.90. The Morgan fingerprint density at radius 2 is 1.89 bits per heavy atom. The molecule has 1 unspecified atom stereocenters. The third-order valence-corrected chi connectivity index (χ3v) is 4.23. The van der Waals surface area contributed by atoms with Gasteiger partial charge in [-0.05, 0) is 45.5 Å². The first-order valence-corrected chi connectivity index (χ1v) is 7.21. The highest BCUT2D eigenvalue weighted by atomic mass is 79.9. The molecule has 0 saturated carbocycles. The maximum Gasteiger partial charge on any atom is 0.0954 e. The van der Waals surface area contributed by atoms with E-state index in [1.807, 2.05) is 19.6 Å². The fourth-order valence-electron chi connectivity index (χ4n) is 2.13. The fourth-order valence-corrected chi connectivity index (χ4v) is 2.39. The largest absolute Gasteiger partial charge is 0.326 e. The van der Waals surface area contributed by atoms with E-state index >= 15 is 0 Å². The molecule has 3 nitrogen and oxygen atoms in total. The van der Waals surface area contributed by atoms with Crippen LogP contribution in [-0.4, -0.2) is 16.6 Å². The van der Waals surface area contributed by atoms with Gasteiger partial charge in [0, 0.05) is 4.47 Å². The van der Waals surface area contributed by atoms with Crippen molar-refractivity contribution in [1.82, 2.24) is 14.9 Å². The fraction of sp³-hybridized carbons (Fsp3) is 0.400. The summed E-state index contributed by atoms with van der Waals surface area (Å²) in [5.74, 6) is 0. The van der Waals surface area contributed by atoms with Crippen LogP contribution in [0, 0.1) is 0 Å². The summed E-state index contributed by atoms with van der Waals surface area (Å²) in [5.41, 5.74) is 2.36. The molecule has 1 N–H and O–H groups in total. The predicted molar refractivity (Wildman–Crippen MR) is 82.3 cm³/mol. The van der Waals surface area contributed by atoms with Crippen molar-refractivity contribution in [2.24, 2.45) is 0 Å². The average Bonchev–Trinajstić information content (AvgIpc) is 2.89. The second-order valence-corrected chi connectivity index (χ2v) is 6.20. The average molecular weight is 322 g/mol. The van der Waals surface area contributed by atoms with Crippen molar-refractivity contribution in [2.75, 3.05) is 7.05 Å². The zero-order valence-corrected chi connectivity index (χ0v) is 13.4. The second-order valence-electron chi connectivity index (χ2n) is 5.29. The van der Waals surface area contributed by atoms with Crippen LogP contribution in [0.2, 0.25) is 0 Å². The van der Waals surface area contributed by atoms with Crippen LogP contribution >= 0.6 is 15.9 Å². The van der Waals surface area contributed by atoms with Gasteiger partial charge in [0.15, 0.2) is 0 Å². The van der Waals surface area contributed by atoms with Crippen molar-refractivity contribution in [2.45, 2.75) is 32.4 Å². The summed E-state index contributed by atoms with van der Waals surface area (Å²) < 4.78 is 3.32. The number of imidazole rings is 1. The second kappa shape index (κ2) is 5.47. The van der Waals surface area contributed by atoms with E-state index in [4.69, 9.17) is 0 Å².